The Labute approximate surface area is 120 Å². The van der Waals surface area contributed by atoms with Crippen LogP contribution in [0.4, 0.5) is 11.5 Å². The predicted octanol–water partition coefficient (Wildman–Crippen LogP) is 1.59. The minimum Gasteiger partial charge on any atom is -0.465 e. The number of anilines is 2. The molecule has 1 atom stereocenters. The minimum atomic E-state index is -0.442. The fraction of sp³-hybridized carbons (Fsp3) is 0.571. The van der Waals surface area contributed by atoms with E-state index in [4.69, 9.17) is 10.5 Å². The van der Waals surface area contributed by atoms with Crippen molar-refractivity contribution in [3.63, 3.8) is 0 Å². The maximum atomic E-state index is 11.7. The van der Waals surface area contributed by atoms with Gasteiger partial charge >= 0.3 is 5.97 Å². The van der Waals surface area contributed by atoms with Crippen LogP contribution in [0.2, 0.25) is 0 Å². The predicted molar refractivity (Wildman–Crippen MR) is 80.9 cm³/mol. The molecule has 0 saturated heterocycles. The molecule has 0 saturated carbocycles. The van der Waals surface area contributed by atoms with Crippen LogP contribution in [0.15, 0.2) is 12.3 Å². The summed E-state index contributed by atoms with van der Waals surface area (Å²) in [4.78, 5) is 18.1. The molecule has 6 nitrogen and oxygen atoms in total. The van der Waals surface area contributed by atoms with Crippen LogP contribution in [0.25, 0.3) is 0 Å². The Morgan fingerprint density at radius 3 is 2.90 bits per heavy atom. The molecule has 1 aromatic heterocycles. The summed E-state index contributed by atoms with van der Waals surface area (Å²) in [5.74, 6) is 0.0613. The van der Waals surface area contributed by atoms with E-state index in [0.29, 0.717) is 29.7 Å². The summed E-state index contributed by atoms with van der Waals surface area (Å²) in [6, 6.07) is 2.09. The Kier molecular flexibility index (Phi) is 6.24. The number of ether oxygens (including phenoxy) is 1. The van der Waals surface area contributed by atoms with E-state index in [2.05, 4.69) is 36.1 Å². The van der Waals surface area contributed by atoms with Crippen molar-refractivity contribution in [1.82, 2.24) is 9.88 Å². The number of nitrogen functional groups attached to an aromatic ring is 1. The number of rotatable bonds is 7. The summed E-state index contributed by atoms with van der Waals surface area (Å²) in [5.41, 5.74) is 6.45. The Bertz CT molecular complexity index is 451. The third kappa shape index (κ3) is 4.38. The topological polar surface area (TPSA) is 80.5 Å². The Balaban J connectivity index is 2.66. The van der Waals surface area contributed by atoms with E-state index in [0.717, 1.165) is 13.0 Å². The second-order valence-corrected chi connectivity index (χ2v) is 4.82. The molecule has 0 aliphatic heterocycles. The van der Waals surface area contributed by atoms with Gasteiger partial charge in [0.2, 0.25) is 0 Å². The molecule has 1 aromatic rings. The number of aromatic nitrogens is 1. The van der Waals surface area contributed by atoms with Gasteiger partial charge in [0, 0.05) is 19.1 Å². The van der Waals surface area contributed by atoms with Gasteiger partial charge in [0.25, 0.3) is 0 Å². The number of methoxy groups -OCH3 is 1. The van der Waals surface area contributed by atoms with Gasteiger partial charge < -0.3 is 20.7 Å². The van der Waals surface area contributed by atoms with Gasteiger partial charge in [0.05, 0.1) is 19.0 Å². The van der Waals surface area contributed by atoms with E-state index in [1.807, 2.05) is 0 Å². The normalized spacial score (nSPS) is 12.2. The fourth-order valence-electron chi connectivity index (χ4n) is 1.77. The lowest BCUT2D eigenvalue weighted by atomic mass is 10.2. The van der Waals surface area contributed by atoms with E-state index in [1.165, 1.54) is 13.3 Å². The summed E-state index contributed by atoms with van der Waals surface area (Å²) >= 11 is 0. The van der Waals surface area contributed by atoms with E-state index in [-0.39, 0.29) is 0 Å². The number of carbonyl (C=O) groups is 1. The van der Waals surface area contributed by atoms with Crippen LogP contribution in [0.1, 0.15) is 30.6 Å². The monoisotopic (exact) mass is 280 g/mol. The van der Waals surface area contributed by atoms with Crippen molar-refractivity contribution >= 4 is 17.5 Å². The molecule has 20 heavy (non-hydrogen) atoms. The standard InChI is InChI=1S/C14H24N4O2/c1-5-10(2)18(3)7-6-16-13-12(14(19)20-4)8-11(15)9-17-13/h8-10H,5-7,15H2,1-4H3,(H,16,17). The van der Waals surface area contributed by atoms with Gasteiger partial charge in [-0.2, -0.15) is 0 Å². The second kappa shape index (κ2) is 7.69. The lowest BCUT2D eigenvalue weighted by Gasteiger charge is -2.23. The number of nitrogens with zero attached hydrogens (tertiary/aromatic N) is 2. The molecule has 112 valence electrons. The van der Waals surface area contributed by atoms with Crippen molar-refractivity contribution in [1.29, 1.82) is 0 Å². The molecule has 1 unspecified atom stereocenters. The molecular formula is C14H24N4O2. The zero-order chi connectivity index (χ0) is 15.1. The Morgan fingerprint density at radius 2 is 2.30 bits per heavy atom. The first-order valence-electron chi connectivity index (χ1n) is 6.77. The molecular weight excluding hydrogens is 256 g/mol. The van der Waals surface area contributed by atoms with Crippen molar-refractivity contribution in [2.45, 2.75) is 26.3 Å². The van der Waals surface area contributed by atoms with Gasteiger partial charge in [-0.1, -0.05) is 6.92 Å². The highest BCUT2D eigenvalue weighted by Gasteiger charge is 2.14. The lowest BCUT2D eigenvalue weighted by molar-refractivity contribution is 0.0601. The smallest absolute Gasteiger partial charge is 0.341 e. The van der Waals surface area contributed by atoms with Crippen LogP contribution < -0.4 is 11.1 Å². The summed E-state index contributed by atoms with van der Waals surface area (Å²) < 4.78 is 4.73. The van der Waals surface area contributed by atoms with Gasteiger partial charge in [-0.3, -0.25) is 0 Å². The number of nitrogens with one attached hydrogen (secondary N) is 1. The average molecular weight is 280 g/mol. The Morgan fingerprint density at radius 1 is 1.60 bits per heavy atom. The number of carbonyl (C=O) groups excluding carboxylic acids is 1. The SMILES string of the molecule is CCC(C)N(C)CCNc1ncc(N)cc1C(=O)OC. The first-order chi connectivity index (χ1) is 9.49. The second-order valence-electron chi connectivity index (χ2n) is 4.82. The number of esters is 1. The van der Waals surface area contributed by atoms with Crippen molar-refractivity contribution in [3.8, 4) is 0 Å². The third-order valence-corrected chi connectivity index (χ3v) is 3.41. The largest absolute Gasteiger partial charge is 0.465 e. The molecule has 0 aliphatic carbocycles. The number of hydrogen-bond acceptors (Lipinski definition) is 6. The van der Waals surface area contributed by atoms with Crippen LogP contribution in [0.3, 0.4) is 0 Å². The van der Waals surface area contributed by atoms with Gasteiger partial charge in [-0.15, -0.1) is 0 Å². The first-order valence-corrected chi connectivity index (χ1v) is 6.77. The molecule has 0 bridgehead atoms. The van der Waals surface area contributed by atoms with E-state index < -0.39 is 5.97 Å². The quantitative estimate of drug-likeness (QED) is 0.738. The van der Waals surface area contributed by atoms with Crippen LogP contribution >= 0.6 is 0 Å². The van der Waals surface area contributed by atoms with E-state index in [1.54, 1.807) is 6.07 Å². The zero-order valence-corrected chi connectivity index (χ0v) is 12.6. The maximum Gasteiger partial charge on any atom is 0.341 e. The van der Waals surface area contributed by atoms with Gasteiger partial charge in [0.15, 0.2) is 0 Å². The summed E-state index contributed by atoms with van der Waals surface area (Å²) in [6.45, 7) is 5.90. The van der Waals surface area contributed by atoms with Crippen LogP contribution in [-0.2, 0) is 4.74 Å². The molecule has 0 aromatic carbocycles. The van der Waals surface area contributed by atoms with Gasteiger partial charge in [-0.25, -0.2) is 9.78 Å². The van der Waals surface area contributed by atoms with Gasteiger partial charge in [0.1, 0.15) is 11.4 Å². The zero-order valence-electron chi connectivity index (χ0n) is 12.6. The molecule has 1 rings (SSSR count). The molecule has 0 spiro atoms. The minimum absolute atomic E-state index is 0.360. The third-order valence-electron chi connectivity index (χ3n) is 3.41. The highest BCUT2D eigenvalue weighted by atomic mass is 16.5. The van der Waals surface area contributed by atoms with E-state index >= 15 is 0 Å². The number of likely N-dealkylation sites (N-methyl/N-ethyl adjacent to an activating group) is 1. The summed E-state index contributed by atoms with van der Waals surface area (Å²) in [6.07, 6.45) is 2.62. The van der Waals surface area contributed by atoms with Crippen molar-refractivity contribution < 1.29 is 9.53 Å². The average Bonchev–Trinajstić information content (AvgIpc) is 2.46. The molecule has 0 aliphatic rings. The molecule has 0 radical (unpaired) electrons. The van der Waals surface area contributed by atoms with Crippen LogP contribution in [0.5, 0.6) is 0 Å². The number of pyridine rings is 1. The maximum absolute atomic E-state index is 11.7. The highest BCUT2D eigenvalue weighted by Crippen LogP contribution is 2.16. The van der Waals surface area contributed by atoms with Crippen molar-refractivity contribution in [3.05, 3.63) is 17.8 Å². The number of hydrogen-bond donors (Lipinski definition) is 2. The molecule has 6 heteroatoms. The number of nitrogens with two attached hydrogens (primary N) is 1. The fourth-order valence-corrected chi connectivity index (χ4v) is 1.77. The Hall–Kier alpha value is -1.82. The molecule has 1 heterocycles. The lowest BCUT2D eigenvalue weighted by Crippen LogP contribution is -2.33. The molecule has 0 amide bonds. The van der Waals surface area contributed by atoms with Gasteiger partial charge in [-0.05, 0) is 26.5 Å². The van der Waals surface area contributed by atoms with Crippen LogP contribution in [-0.4, -0.2) is 49.1 Å². The first kappa shape index (κ1) is 16.2. The van der Waals surface area contributed by atoms with Crippen molar-refractivity contribution in [2.75, 3.05) is 38.3 Å². The van der Waals surface area contributed by atoms with Crippen LogP contribution in [0, 0.1) is 0 Å². The summed E-state index contributed by atoms with van der Waals surface area (Å²) in [7, 11) is 3.42. The highest BCUT2D eigenvalue weighted by molar-refractivity contribution is 5.95. The molecule has 3 N–H and O–H groups in total. The summed E-state index contributed by atoms with van der Waals surface area (Å²) in [5, 5.41) is 3.16. The van der Waals surface area contributed by atoms with Crippen molar-refractivity contribution in [2.24, 2.45) is 0 Å². The van der Waals surface area contributed by atoms with E-state index in [9.17, 15) is 4.79 Å². The molecule has 0 fully saturated rings.